The summed E-state index contributed by atoms with van der Waals surface area (Å²) in [5.74, 6) is 0.392. The number of amides is 1. The number of Topliss-reactive ketones (excluding diaryl/α,β-unsaturated/α-hetero) is 1. The summed E-state index contributed by atoms with van der Waals surface area (Å²) in [4.78, 5) is 30.4. The van der Waals surface area contributed by atoms with Gasteiger partial charge in [0.15, 0.2) is 5.78 Å². The molecule has 0 saturated carbocycles. The highest BCUT2D eigenvalue weighted by Gasteiger charge is 2.45. The molecule has 1 N–H and O–H groups in total. The maximum Gasteiger partial charge on any atom is 0.253 e. The van der Waals surface area contributed by atoms with E-state index in [0.29, 0.717) is 24.2 Å². The van der Waals surface area contributed by atoms with Gasteiger partial charge in [0, 0.05) is 42.9 Å². The van der Waals surface area contributed by atoms with Crippen molar-refractivity contribution in [3.63, 3.8) is 0 Å². The molecule has 6 heteroatoms. The van der Waals surface area contributed by atoms with Crippen LogP contribution in [0.3, 0.4) is 0 Å². The second-order valence-electron chi connectivity index (χ2n) is 10.1. The molecule has 2 aliphatic heterocycles. The van der Waals surface area contributed by atoms with Gasteiger partial charge in [0.05, 0.1) is 11.2 Å². The molecule has 0 radical (unpaired) electrons. The van der Waals surface area contributed by atoms with Gasteiger partial charge in [0.25, 0.3) is 5.91 Å². The number of hydrogen-bond donors (Lipinski definition) is 1. The fourth-order valence-corrected chi connectivity index (χ4v) is 5.05. The van der Waals surface area contributed by atoms with Crippen LogP contribution >= 0.6 is 0 Å². The van der Waals surface area contributed by atoms with Gasteiger partial charge in [-0.2, -0.15) is 0 Å². The van der Waals surface area contributed by atoms with Crippen LogP contribution in [0.1, 0.15) is 65.7 Å². The average Bonchev–Trinajstić information content (AvgIpc) is 3.16. The van der Waals surface area contributed by atoms with Gasteiger partial charge in [-0.15, -0.1) is 0 Å². The normalized spacial score (nSPS) is 18.8. The number of ketones is 1. The number of carbonyl (C=O) groups excluding carboxylic acids is 2. The number of likely N-dealkylation sites (tertiary alicyclic amines) is 1. The van der Waals surface area contributed by atoms with Crippen LogP contribution in [-0.4, -0.2) is 57.8 Å². The minimum absolute atomic E-state index is 0.00962. The summed E-state index contributed by atoms with van der Waals surface area (Å²) >= 11 is 0. The van der Waals surface area contributed by atoms with E-state index in [1.54, 1.807) is 25.1 Å². The van der Waals surface area contributed by atoms with Gasteiger partial charge in [-0.25, -0.2) is 0 Å². The fraction of sp³-hybridized carbons (Fsp3) is 0.520. The molecule has 6 nitrogen and oxygen atoms in total. The lowest BCUT2D eigenvalue weighted by atomic mass is 9.81. The molecule has 0 atom stereocenters. The zero-order valence-corrected chi connectivity index (χ0v) is 19.2. The number of aromatic hydroxyl groups is 1. The first kappa shape index (κ1) is 21.6. The number of phenols is 1. The lowest BCUT2D eigenvalue weighted by Gasteiger charge is -2.50. The van der Waals surface area contributed by atoms with E-state index in [1.807, 2.05) is 31.7 Å². The SMILES string of the molecule is Cc1cc(C(=O)N2CCC3(CC2)c2ccc(C(=O)C(C)(C)C)n2CCN3C)ccc1O. The Bertz CT molecular complexity index is 1020. The van der Waals surface area contributed by atoms with Crippen molar-refractivity contribution >= 4 is 11.7 Å². The number of phenolic OH excluding ortho intramolecular Hbond substituents is 1. The molecule has 1 aromatic heterocycles. The Morgan fingerprint density at radius 2 is 1.68 bits per heavy atom. The van der Waals surface area contributed by atoms with Gasteiger partial charge in [0.2, 0.25) is 0 Å². The van der Waals surface area contributed by atoms with E-state index < -0.39 is 5.41 Å². The van der Waals surface area contributed by atoms with Crippen LogP contribution in [0.25, 0.3) is 0 Å². The molecule has 3 heterocycles. The van der Waals surface area contributed by atoms with Gasteiger partial charge >= 0.3 is 0 Å². The number of nitrogens with zero attached hydrogens (tertiary/aromatic N) is 3. The standard InChI is InChI=1S/C25H33N3O3/c1-17-16-18(6-8-20(17)29)23(31)27-12-10-25(11-13-27)21-9-7-19(22(30)24(2,3)4)28(21)15-14-26(25)5/h6-9,16,29H,10-15H2,1-5H3. The third-order valence-electron chi connectivity index (χ3n) is 7.08. The van der Waals surface area contributed by atoms with E-state index in [9.17, 15) is 14.7 Å². The summed E-state index contributed by atoms with van der Waals surface area (Å²) < 4.78 is 2.22. The maximum atomic E-state index is 13.0. The lowest BCUT2D eigenvalue weighted by molar-refractivity contribution is 0.0126. The molecule has 31 heavy (non-hydrogen) atoms. The van der Waals surface area contributed by atoms with Crippen LogP contribution < -0.4 is 0 Å². The van der Waals surface area contributed by atoms with Crippen LogP contribution in [0, 0.1) is 12.3 Å². The highest BCUT2D eigenvalue weighted by molar-refractivity contribution is 5.98. The van der Waals surface area contributed by atoms with Crippen LogP contribution in [0.4, 0.5) is 0 Å². The Morgan fingerprint density at radius 3 is 2.29 bits per heavy atom. The Kier molecular flexibility index (Phi) is 5.24. The van der Waals surface area contributed by atoms with Crippen molar-refractivity contribution in [2.45, 2.75) is 52.6 Å². The first-order chi connectivity index (χ1) is 14.5. The average molecular weight is 424 g/mol. The van der Waals surface area contributed by atoms with Crippen LogP contribution in [0.15, 0.2) is 30.3 Å². The summed E-state index contributed by atoms with van der Waals surface area (Å²) in [5, 5.41) is 9.76. The Hall–Kier alpha value is -2.60. The van der Waals surface area contributed by atoms with E-state index in [1.165, 1.54) is 5.69 Å². The van der Waals surface area contributed by atoms with Crippen LogP contribution in [0.5, 0.6) is 5.75 Å². The number of piperidine rings is 1. The second-order valence-corrected chi connectivity index (χ2v) is 10.1. The summed E-state index contributed by atoms with van der Waals surface area (Å²) in [6.07, 6.45) is 1.67. The number of benzene rings is 1. The van der Waals surface area contributed by atoms with E-state index in [4.69, 9.17) is 0 Å². The number of aromatic nitrogens is 1. The predicted molar refractivity (Wildman–Crippen MR) is 121 cm³/mol. The van der Waals surface area contributed by atoms with Crippen molar-refractivity contribution in [1.29, 1.82) is 0 Å². The van der Waals surface area contributed by atoms with Crippen molar-refractivity contribution in [1.82, 2.24) is 14.4 Å². The molecule has 1 spiro atoms. The topological polar surface area (TPSA) is 65.8 Å². The largest absolute Gasteiger partial charge is 0.508 e. The highest BCUT2D eigenvalue weighted by atomic mass is 16.3. The molecule has 0 unspecified atom stereocenters. The van der Waals surface area contributed by atoms with Crippen molar-refractivity contribution in [3.8, 4) is 5.75 Å². The summed E-state index contributed by atoms with van der Waals surface area (Å²) in [5.41, 5.74) is 2.75. The van der Waals surface area contributed by atoms with Gasteiger partial charge in [-0.1, -0.05) is 20.8 Å². The van der Waals surface area contributed by atoms with E-state index in [0.717, 1.165) is 31.6 Å². The molecular formula is C25H33N3O3. The van der Waals surface area contributed by atoms with Crippen molar-refractivity contribution in [3.05, 3.63) is 52.8 Å². The molecule has 1 saturated heterocycles. The number of fused-ring (bicyclic) bond motifs is 2. The lowest BCUT2D eigenvalue weighted by Crippen LogP contribution is -2.56. The molecule has 1 fully saturated rings. The van der Waals surface area contributed by atoms with Crippen molar-refractivity contribution in [2.24, 2.45) is 5.41 Å². The molecule has 1 amide bonds. The number of rotatable bonds is 2. The maximum absolute atomic E-state index is 13.0. The first-order valence-electron chi connectivity index (χ1n) is 11.1. The van der Waals surface area contributed by atoms with Gasteiger partial charge in [0.1, 0.15) is 5.75 Å². The molecule has 2 aliphatic rings. The smallest absolute Gasteiger partial charge is 0.253 e. The third-order valence-corrected chi connectivity index (χ3v) is 7.08. The zero-order chi connectivity index (χ0) is 22.6. The molecule has 4 rings (SSSR count). The molecule has 0 bridgehead atoms. The second kappa shape index (κ2) is 7.52. The zero-order valence-electron chi connectivity index (χ0n) is 19.2. The Balaban J connectivity index is 1.58. The molecule has 2 aromatic rings. The number of likely N-dealkylation sites (N-methyl/N-ethyl adjacent to an activating group) is 1. The molecule has 0 aliphatic carbocycles. The quantitative estimate of drug-likeness (QED) is 0.746. The molecule has 1 aromatic carbocycles. The van der Waals surface area contributed by atoms with Gasteiger partial charge in [-0.3, -0.25) is 14.5 Å². The predicted octanol–water partition coefficient (Wildman–Crippen LogP) is 3.81. The van der Waals surface area contributed by atoms with E-state index in [-0.39, 0.29) is 23.0 Å². The Morgan fingerprint density at radius 1 is 1.00 bits per heavy atom. The molecular weight excluding hydrogens is 390 g/mol. The van der Waals surface area contributed by atoms with Gasteiger partial charge < -0.3 is 14.6 Å². The Labute approximate surface area is 184 Å². The van der Waals surface area contributed by atoms with Crippen molar-refractivity contribution < 1.29 is 14.7 Å². The number of carbonyl (C=O) groups is 2. The minimum atomic E-state index is -0.413. The summed E-state index contributed by atoms with van der Waals surface area (Å²) in [6.45, 7) is 10.7. The van der Waals surface area contributed by atoms with Gasteiger partial charge in [-0.05, 0) is 62.7 Å². The first-order valence-corrected chi connectivity index (χ1v) is 11.1. The monoisotopic (exact) mass is 423 g/mol. The number of aryl methyl sites for hydroxylation is 1. The summed E-state index contributed by atoms with van der Waals surface area (Å²) in [7, 11) is 2.16. The van der Waals surface area contributed by atoms with Crippen molar-refractivity contribution in [2.75, 3.05) is 26.7 Å². The fourth-order valence-electron chi connectivity index (χ4n) is 5.05. The van der Waals surface area contributed by atoms with Crippen LogP contribution in [0.2, 0.25) is 0 Å². The third kappa shape index (κ3) is 3.57. The number of hydrogen-bond acceptors (Lipinski definition) is 4. The summed E-state index contributed by atoms with van der Waals surface area (Å²) in [6, 6.07) is 9.14. The van der Waals surface area contributed by atoms with E-state index in [2.05, 4.69) is 22.6 Å². The molecule has 166 valence electrons. The van der Waals surface area contributed by atoms with Crippen LogP contribution in [-0.2, 0) is 12.1 Å². The van der Waals surface area contributed by atoms with E-state index >= 15 is 0 Å². The minimum Gasteiger partial charge on any atom is -0.508 e. The highest BCUT2D eigenvalue weighted by Crippen LogP contribution is 2.42.